The minimum atomic E-state index is -4.38. The lowest BCUT2D eigenvalue weighted by Crippen LogP contribution is -2.38. The van der Waals surface area contributed by atoms with E-state index in [1.54, 1.807) is 6.07 Å². The van der Waals surface area contributed by atoms with E-state index in [1.807, 2.05) is 31.2 Å². The fourth-order valence-corrected chi connectivity index (χ4v) is 5.67. The lowest BCUT2D eigenvalue weighted by Gasteiger charge is -2.28. The molecule has 2 aromatic carbocycles. The third-order valence-electron chi connectivity index (χ3n) is 6.62. The normalized spacial score (nSPS) is 17.4. The van der Waals surface area contributed by atoms with Crippen LogP contribution in [-0.4, -0.2) is 23.9 Å². The fourth-order valence-electron chi connectivity index (χ4n) is 4.82. The molecule has 0 bridgehead atoms. The van der Waals surface area contributed by atoms with Crippen molar-refractivity contribution in [2.24, 2.45) is 0 Å². The highest BCUT2D eigenvalue weighted by molar-refractivity contribution is 7.22. The number of aryl methyl sites for hydroxylation is 2. The van der Waals surface area contributed by atoms with Crippen molar-refractivity contribution in [3.8, 4) is 5.75 Å². The molecule has 5 nitrogen and oxygen atoms in total. The van der Waals surface area contributed by atoms with Crippen molar-refractivity contribution in [1.82, 2.24) is 4.98 Å². The van der Waals surface area contributed by atoms with Gasteiger partial charge in [0.15, 0.2) is 0 Å². The molecule has 0 amide bonds. The second-order valence-electron chi connectivity index (χ2n) is 9.15. The number of aromatic nitrogens is 1. The van der Waals surface area contributed by atoms with Gasteiger partial charge in [-0.15, -0.1) is 0 Å². The van der Waals surface area contributed by atoms with Crippen molar-refractivity contribution in [2.45, 2.75) is 70.7 Å². The largest absolute Gasteiger partial charge is 0.490 e. The Morgan fingerprint density at radius 2 is 1.85 bits per heavy atom. The number of benzene rings is 2. The van der Waals surface area contributed by atoms with Gasteiger partial charge in [-0.25, -0.2) is 4.98 Å². The summed E-state index contributed by atoms with van der Waals surface area (Å²) in [5.74, 6) is 0.873. The minimum absolute atomic E-state index is 0.000874. The molecule has 0 radical (unpaired) electrons. The summed E-state index contributed by atoms with van der Waals surface area (Å²) in [5.41, 5.74) is 9.64. The zero-order chi connectivity index (χ0) is 23.7. The van der Waals surface area contributed by atoms with E-state index in [2.05, 4.69) is 15.8 Å². The standard InChI is InChI=1S/C25H29F3N4OS/c1-16-13-22-17(7-5-6-12-32(22)25(26,27)28)14-21(16)30-31-24-29-20-11-10-19(15-23(20)34-24)33-18-8-3-2-4-9-18/h10-11,13-15,18,30H,2-9,12H2,1H3,(H,29,31). The molecule has 0 saturated heterocycles. The first-order valence-corrected chi connectivity index (χ1v) is 12.8. The first-order valence-electron chi connectivity index (χ1n) is 11.9. The zero-order valence-electron chi connectivity index (χ0n) is 19.2. The van der Waals surface area contributed by atoms with Crippen LogP contribution in [0.5, 0.6) is 5.75 Å². The van der Waals surface area contributed by atoms with Crippen LogP contribution in [0.1, 0.15) is 56.1 Å². The Balaban J connectivity index is 1.30. The Bertz CT molecular complexity index is 1160. The minimum Gasteiger partial charge on any atom is -0.490 e. The maximum Gasteiger partial charge on any atom is 0.484 e. The predicted octanol–water partition coefficient (Wildman–Crippen LogP) is 7.42. The molecular weight excluding hydrogens is 461 g/mol. The van der Waals surface area contributed by atoms with Crippen LogP contribution in [0, 0.1) is 6.92 Å². The van der Waals surface area contributed by atoms with Gasteiger partial charge in [0.1, 0.15) is 5.75 Å². The van der Waals surface area contributed by atoms with Crippen LogP contribution >= 0.6 is 11.3 Å². The molecular formula is C25H29F3N4OS. The Morgan fingerprint density at radius 1 is 1.03 bits per heavy atom. The molecule has 0 atom stereocenters. The summed E-state index contributed by atoms with van der Waals surface area (Å²) in [6, 6.07) is 9.42. The highest BCUT2D eigenvalue weighted by Gasteiger charge is 2.39. The average molecular weight is 491 g/mol. The van der Waals surface area contributed by atoms with Crippen LogP contribution in [-0.2, 0) is 6.42 Å². The van der Waals surface area contributed by atoms with Gasteiger partial charge in [0.2, 0.25) is 5.13 Å². The second kappa shape index (κ2) is 9.52. The molecule has 1 fully saturated rings. The van der Waals surface area contributed by atoms with Crippen LogP contribution in [0.15, 0.2) is 30.3 Å². The third kappa shape index (κ3) is 5.04. The first-order chi connectivity index (χ1) is 16.4. The number of rotatable bonds is 5. The molecule has 0 unspecified atom stereocenters. The maximum absolute atomic E-state index is 13.5. The van der Waals surface area contributed by atoms with Crippen LogP contribution < -0.4 is 20.5 Å². The van der Waals surface area contributed by atoms with Crippen molar-refractivity contribution in [2.75, 3.05) is 22.3 Å². The van der Waals surface area contributed by atoms with Gasteiger partial charge in [-0.05, 0) is 93.3 Å². The van der Waals surface area contributed by atoms with Gasteiger partial charge < -0.3 is 4.74 Å². The van der Waals surface area contributed by atoms with Gasteiger partial charge in [0.05, 0.1) is 22.0 Å². The summed E-state index contributed by atoms with van der Waals surface area (Å²) in [4.78, 5) is 5.19. The SMILES string of the molecule is Cc1cc2c(cc1NNc1nc3ccc(OC4CCCCC4)cc3s1)CCCCN2C(F)(F)F. The Morgan fingerprint density at radius 3 is 2.65 bits per heavy atom. The fraction of sp³-hybridized carbons (Fsp3) is 0.480. The molecule has 34 heavy (non-hydrogen) atoms. The van der Waals surface area contributed by atoms with E-state index in [0.29, 0.717) is 34.5 Å². The molecule has 3 aromatic rings. The predicted molar refractivity (Wildman–Crippen MR) is 132 cm³/mol. The molecule has 2 N–H and O–H groups in total. The lowest BCUT2D eigenvalue weighted by atomic mass is 9.98. The van der Waals surface area contributed by atoms with E-state index in [-0.39, 0.29) is 12.2 Å². The van der Waals surface area contributed by atoms with E-state index < -0.39 is 6.30 Å². The molecule has 182 valence electrons. The van der Waals surface area contributed by atoms with E-state index in [4.69, 9.17) is 4.74 Å². The summed E-state index contributed by atoms with van der Waals surface area (Å²) in [7, 11) is 0. The summed E-state index contributed by atoms with van der Waals surface area (Å²) >= 11 is 1.51. The topological polar surface area (TPSA) is 49.4 Å². The van der Waals surface area contributed by atoms with E-state index in [9.17, 15) is 13.2 Å². The number of nitrogens with one attached hydrogen (secondary N) is 2. The van der Waals surface area contributed by atoms with Crippen LogP contribution in [0.2, 0.25) is 0 Å². The van der Waals surface area contributed by atoms with Crippen LogP contribution in [0.3, 0.4) is 0 Å². The highest BCUT2D eigenvalue weighted by atomic mass is 32.1. The smallest absolute Gasteiger partial charge is 0.484 e. The number of halogens is 3. The van der Waals surface area contributed by atoms with Gasteiger partial charge >= 0.3 is 6.30 Å². The number of hydrogen-bond donors (Lipinski definition) is 2. The molecule has 1 aliphatic carbocycles. The highest BCUT2D eigenvalue weighted by Crippen LogP contribution is 2.38. The molecule has 1 saturated carbocycles. The summed E-state index contributed by atoms with van der Waals surface area (Å²) in [5, 5.41) is 0.691. The van der Waals surface area contributed by atoms with Crippen molar-refractivity contribution in [3.63, 3.8) is 0 Å². The molecule has 9 heteroatoms. The van der Waals surface area contributed by atoms with Gasteiger partial charge in [0, 0.05) is 12.2 Å². The zero-order valence-corrected chi connectivity index (χ0v) is 20.0. The molecule has 0 spiro atoms. The van der Waals surface area contributed by atoms with Gasteiger partial charge in [0.25, 0.3) is 0 Å². The van der Waals surface area contributed by atoms with Crippen LogP contribution in [0.25, 0.3) is 10.2 Å². The molecule has 2 aliphatic rings. The third-order valence-corrected chi connectivity index (χ3v) is 7.55. The van der Waals surface area contributed by atoms with E-state index in [1.165, 1.54) is 30.6 Å². The maximum atomic E-state index is 13.5. The van der Waals surface area contributed by atoms with Gasteiger partial charge in [-0.3, -0.25) is 15.8 Å². The van der Waals surface area contributed by atoms with Crippen molar-refractivity contribution in [1.29, 1.82) is 0 Å². The van der Waals surface area contributed by atoms with Gasteiger partial charge in [-0.2, -0.15) is 13.2 Å². The number of nitrogens with zero attached hydrogens (tertiary/aromatic N) is 2. The Hall–Kier alpha value is -2.68. The first kappa shape index (κ1) is 23.1. The number of thiazole rings is 1. The summed E-state index contributed by atoms with van der Waals surface area (Å²) in [6.07, 6.45) is 3.76. The summed E-state index contributed by atoms with van der Waals surface area (Å²) < 4.78 is 47.8. The molecule has 2 heterocycles. The van der Waals surface area contributed by atoms with E-state index >= 15 is 0 Å². The molecule has 1 aromatic heterocycles. The van der Waals surface area contributed by atoms with Crippen molar-refractivity contribution < 1.29 is 17.9 Å². The van der Waals surface area contributed by atoms with Crippen molar-refractivity contribution in [3.05, 3.63) is 41.5 Å². The molecule has 1 aliphatic heterocycles. The van der Waals surface area contributed by atoms with E-state index in [0.717, 1.165) is 46.5 Å². The number of ether oxygens (including phenoxy) is 1. The quantitative estimate of drug-likeness (QED) is 0.288. The lowest BCUT2D eigenvalue weighted by molar-refractivity contribution is -0.129. The van der Waals surface area contributed by atoms with Gasteiger partial charge in [-0.1, -0.05) is 17.8 Å². The number of hydrazine groups is 1. The molecule has 5 rings (SSSR count). The number of anilines is 3. The summed E-state index contributed by atoms with van der Waals surface area (Å²) in [6.45, 7) is 1.82. The Labute approximate surface area is 201 Å². The number of fused-ring (bicyclic) bond motifs is 2. The van der Waals surface area contributed by atoms with Crippen molar-refractivity contribution >= 4 is 38.1 Å². The Kier molecular flexibility index (Phi) is 6.46. The monoisotopic (exact) mass is 490 g/mol. The van der Waals surface area contributed by atoms with Crippen LogP contribution in [0.4, 0.5) is 29.7 Å². The number of hydrogen-bond acceptors (Lipinski definition) is 6. The second-order valence-corrected chi connectivity index (χ2v) is 10.2. The number of alkyl halides is 3. The average Bonchev–Trinajstić information content (AvgIpc) is 3.09.